The fourth-order valence-electron chi connectivity index (χ4n) is 1.60. The molecule has 8 heteroatoms. The smallest absolute Gasteiger partial charge is 0.331 e. The molecule has 1 atom stereocenters. The van der Waals surface area contributed by atoms with Gasteiger partial charge in [0.15, 0.2) is 16.4 Å². The largest absolute Gasteiger partial charge is 0.479 e. The highest BCUT2D eigenvalue weighted by Gasteiger charge is 2.44. The molecule has 0 aromatic carbocycles. The van der Waals surface area contributed by atoms with Crippen LogP contribution >= 0.6 is 11.6 Å². The normalized spacial score (nSPS) is 22.7. The number of carbonyl (C=O) groups excluding carboxylic acids is 1. The maximum absolute atomic E-state index is 11.8. The van der Waals surface area contributed by atoms with E-state index in [1.54, 1.807) is 0 Å². The molecular formula is C10H10ClN3O4. The standard InChI is InChI=1S/C10H10ClN3O4/c11-7-2-1-6(13-14-7)8(15)12-10(9(16)17)3-4-18-5-10/h1-2H,3-5H2,(H,12,15)(H,16,17). The Morgan fingerprint density at radius 1 is 1.44 bits per heavy atom. The number of nitrogens with one attached hydrogen (secondary N) is 1. The van der Waals surface area contributed by atoms with E-state index in [0.29, 0.717) is 6.61 Å². The number of rotatable bonds is 3. The van der Waals surface area contributed by atoms with Crippen molar-refractivity contribution in [3.63, 3.8) is 0 Å². The topological polar surface area (TPSA) is 101 Å². The van der Waals surface area contributed by atoms with Gasteiger partial charge < -0.3 is 15.2 Å². The van der Waals surface area contributed by atoms with E-state index in [2.05, 4.69) is 15.5 Å². The molecule has 0 radical (unpaired) electrons. The molecule has 2 heterocycles. The van der Waals surface area contributed by atoms with Gasteiger partial charge in [-0.2, -0.15) is 0 Å². The van der Waals surface area contributed by atoms with Crippen LogP contribution in [0, 0.1) is 0 Å². The average Bonchev–Trinajstić information content (AvgIpc) is 2.79. The predicted octanol–water partition coefficient (Wildman–Crippen LogP) is 0.103. The van der Waals surface area contributed by atoms with E-state index in [4.69, 9.17) is 21.4 Å². The monoisotopic (exact) mass is 271 g/mol. The summed E-state index contributed by atoms with van der Waals surface area (Å²) >= 11 is 5.55. The Labute approximate surface area is 107 Å². The number of hydrogen-bond acceptors (Lipinski definition) is 5. The number of hydrogen-bond donors (Lipinski definition) is 2. The van der Waals surface area contributed by atoms with Gasteiger partial charge in [-0.15, -0.1) is 10.2 Å². The summed E-state index contributed by atoms with van der Waals surface area (Å²) in [4.78, 5) is 23.0. The van der Waals surface area contributed by atoms with Crippen molar-refractivity contribution in [1.29, 1.82) is 0 Å². The third kappa shape index (κ3) is 2.41. The second-order valence-corrected chi connectivity index (χ2v) is 4.27. The zero-order valence-corrected chi connectivity index (χ0v) is 9.98. The van der Waals surface area contributed by atoms with Crippen molar-refractivity contribution in [2.24, 2.45) is 0 Å². The van der Waals surface area contributed by atoms with Gasteiger partial charge in [-0.3, -0.25) is 4.79 Å². The molecule has 0 aliphatic carbocycles. The number of aromatic nitrogens is 2. The lowest BCUT2D eigenvalue weighted by molar-refractivity contribution is -0.144. The molecule has 1 amide bonds. The Hall–Kier alpha value is -1.73. The third-order valence-electron chi connectivity index (χ3n) is 2.65. The molecule has 2 N–H and O–H groups in total. The summed E-state index contributed by atoms with van der Waals surface area (Å²) in [5, 5.41) is 18.8. The van der Waals surface area contributed by atoms with E-state index >= 15 is 0 Å². The lowest BCUT2D eigenvalue weighted by Crippen LogP contribution is -2.55. The van der Waals surface area contributed by atoms with Gasteiger partial charge in [0.05, 0.1) is 6.61 Å². The summed E-state index contributed by atoms with van der Waals surface area (Å²) in [6.07, 6.45) is 0.217. The van der Waals surface area contributed by atoms with Crippen molar-refractivity contribution >= 4 is 23.5 Å². The predicted molar refractivity (Wildman–Crippen MR) is 60.3 cm³/mol. The number of amides is 1. The maximum Gasteiger partial charge on any atom is 0.331 e. The Bertz CT molecular complexity index is 471. The number of halogens is 1. The molecule has 1 aliphatic rings. The van der Waals surface area contributed by atoms with Crippen LogP contribution in [0.25, 0.3) is 0 Å². The second kappa shape index (κ2) is 4.87. The molecule has 18 heavy (non-hydrogen) atoms. The molecule has 1 aromatic rings. The Morgan fingerprint density at radius 2 is 2.22 bits per heavy atom. The van der Waals surface area contributed by atoms with Crippen LogP contribution in [-0.4, -0.2) is 45.9 Å². The van der Waals surface area contributed by atoms with Gasteiger partial charge in [-0.25, -0.2) is 4.79 Å². The number of carboxylic acids is 1. The van der Waals surface area contributed by atoms with E-state index in [1.807, 2.05) is 0 Å². The highest BCUT2D eigenvalue weighted by molar-refractivity contribution is 6.29. The molecular weight excluding hydrogens is 262 g/mol. The Balaban J connectivity index is 2.15. The molecule has 0 spiro atoms. The van der Waals surface area contributed by atoms with Crippen LogP contribution in [0.3, 0.4) is 0 Å². The van der Waals surface area contributed by atoms with Crippen LogP contribution in [0.5, 0.6) is 0 Å². The van der Waals surface area contributed by atoms with Crippen molar-refractivity contribution in [2.75, 3.05) is 13.2 Å². The summed E-state index contributed by atoms with van der Waals surface area (Å²) in [5.74, 6) is -1.75. The minimum absolute atomic E-state index is 0.00641. The molecule has 0 bridgehead atoms. The molecule has 1 fully saturated rings. The Kier molecular flexibility index (Phi) is 3.44. The first-order valence-corrected chi connectivity index (χ1v) is 5.54. The van der Waals surface area contributed by atoms with E-state index in [-0.39, 0.29) is 23.9 Å². The zero-order chi connectivity index (χ0) is 13.2. The van der Waals surface area contributed by atoms with Crippen LogP contribution in [0.15, 0.2) is 12.1 Å². The first-order chi connectivity index (χ1) is 8.53. The van der Waals surface area contributed by atoms with Crippen molar-refractivity contribution < 1.29 is 19.4 Å². The molecule has 1 unspecified atom stereocenters. The van der Waals surface area contributed by atoms with Gasteiger partial charge in [0.2, 0.25) is 0 Å². The first kappa shape index (κ1) is 12.7. The SMILES string of the molecule is O=C(NC1(C(=O)O)CCOC1)c1ccc(Cl)nn1. The molecule has 2 rings (SSSR count). The highest BCUT2D eigenvalue weighted by atomic mass is 35.5. The average molecular weight is 272 g/mol. The van der Waals surface area contributed by atoms with E-state index < -0.39 is 17.4 Å². The van der Waals surface area contributed by atoms with E-state index in [1.165, 1.54) is 12.1 Å². The minimum Gasteiger partial charge on any atom is -0.479 e. The van der Waals surface area contributed by atoms with Gasteiger partial charge in [0, 0.05) is 13.0 Å². The van der Waals surface area contributed by atoms with Crippen LogP contribution in [0.1, 0.15) is 16.9 Å². The van der Waals surface area contributed by atoms with Gasteiger partial charge in [-0.05, 0) is 12.1 Å². The van der Waals surface area contributed by atoms with Crippen molar-refractivity contribution in [3.8, 4) is 0 Å². The van der Waals surface area contributed by atoms with E-state index in [9.17, 15) is 9.59 Å². The number of aliphatic carboxylic acids is 1. The maximum atomic E-state index is 11.8. The second-order valence-electron chi connectivity index (χ2n) is 3.89. The lowest BCUT2D eigenvalue weighted by atomic mass is 9.99. The van der Waals surface area contributed by atoms with Crippen LogP contribution in [-0.2, 0) is 9.53 Å². The summed E-state index contributed by atoms with van der Waals surface area (Å²) in [6, 6.07) is 2.78. The van der Waals surface area contributed by atoms with Gasteiger partial charge in [0.1, 0.15) is 0 Å². The van der Waals surface area contributed by atoms with Crippen LogP contribution in [0.2, 0.25) is 5.15 Å². The first-order valence-electron chi connectivity index (χ1n) is 5.16. The summed E-state index contributed by atoms with van der Waals surface area (Å²) in [5.41, 5.74) is -1.38. The number of carbonyl (C=O) groups is 2. The lowest BCUT2D eigenvalue weighted by Gasteiger charge is -2.23. The van der Waals surface area contributed by atoms with Crippen LogP contribution < -0.4 is 5.32 Å². The molecule has 1 saturated heterocycles. The van der Waals surface area contributed by atoms with E-state index in [0.717, 1.165) is 0 Å². The molecule has 7 nitrogen and oxygen atoms in total. The van der Waals surface area contributed by atoms with Gasteiger partial charge in [-0.1, -0.05) is 11.6 Å². The summed E-state index contributed by atoms with van der Waals surface area (Å²) in [6.45, 7) is 0.230. The summed E-state index contributed by atoms with van der Waals surface area (Å²) in [7, 11) is 0. The van der Waals surface area contributed by atoms with Crippen molar-refractivity contribution in [2.45, 2.75) is 12.0 Å². The van der Waals surface area contributed by atoms with Crippen molar-refractivity contribution in [3.05, 3.63) is 23.0 Å². The third-order valence-corrected chi connectivity index (χ3v) is 2.85. The number of nitrogens with zero attached hydrogens (tertiary/aromatic N) is 2. The summed E-state index contributed by atoms with van der Waals surface area (Å²) < 4.78 is 5.02. The molecule has 1 aliphatic heterocycles. The zero-order valence-electron chi connectivity index (χ0n) is 9.22. The van der Waals surface area contributed by atoms with Gasteiger partial charge >= 0.3 is 5.97 Å². The van der Waals surface area contributed by atoms with Crippen molar-refractivity contribution in [1.82, 2.24) is 15.5 Å². The molecule has 0 saturated carbocycles. The highest BCUT2D eigenvalue weighted by Crippen LogP contribution is 2.19. The molecule has 1 aromatic heterocycles. The van der Waals surface area contributed by atoms with Crippen LogP contribution in [0.4, 0.5) is 0 Å². The quantitative estimate of drug-likeness (QED) is 0.809. The van der Waals surface area contributed by atoms with Gasteiger partial charge in [0.25, 0.3) is 5.91 Å². The number of ether oxygens (including phenoxy) is 1. The fourth-order valence-corrected chi connectivity index (χ4v) is 1.70. The fraction of sp³-hybridized carbons (Fsp3) is 0.400. The molecule has 96 valence electrons. The number of carboxylic acid groups (broad SMARTS) is 1. The Morgan fingerprint density at radius 3 is 2.72 bits per heavy atom. The minimum atomic E-state index is -1.39.